The van der Waals surface area contributed by atoms with Crippen LogP contribution in [0.25, 0.3) is 0 Å². The summed E-state index contributed by atoms with van der Waals surface area (Å²) in [5.41, 5.74) is 1.49. The fourth-order valence-corrected chi connectivity index (χ4v) is 3.70. The Kier molecular flexibility index (Phi) is 4.19. The number of aryl methyl sites for hydroxylation is 1. The minimum absolute atomic E-state index is 0.197. The van der Waals surface area contributed by atoms with Gasteiger partial charge in [0.2, 0.25) is 10.0 Å². The number of aromatic nitrogens is 1. The highest BCUT2D eigenvalue weighted by Gasteiger charge is 2.21. The zero-order valence-corrected chi connectivity index (χ0v) is 11.3. The zero-order chi connectivity index (χ0) is 13.0. The molecular formula is C12H19N3O2S. The van der Waals surface area contributed by atoms with E-state index in [0.29, 0.717) is 5.69 Å². The molecule has 2 heterocycles. The lowest BCUT2D eigenvalue weighted by atomic mass is 10.0. The molecule has 0 atom stereocenters. The molecule has 6 heteroatoms. The van der Waals surface area contributed by atoms with Crippen molar-refractivity contribution < 1.29 is 8.42 Å². The Morgan fingerprint density at radius 1 is 1.39 bits per heavy atom. The van der Waals surface area contributed by atoms with E-state index >= 15 is 0 Å². The summed E-state index contributed by atoms with van der Waals surface area (Å²) in [5.74, 6) is 0.448. The van der Waals surface area contributed by atoms with Crippen molar-refractivity contribution in [3.63, 3.8) is 0 Å². The van der Waals surface area contributed by atoms with Crippen LogP contribution in [0.15, 0.2) is 18.5 Å². The molecule has 0 aromatic carbocycles. The lowest BCUT2D eigenvalue weighted by molar-refractivity contribution is 0.402. The molecule has 2 rings (SSSR count). The van der Waals surface area contributed by atoms with Crippen LogP contribution in [0.5, 0.6) is 0 Å². The summed E-state index contributed by atoms with van der Waals surface area (Å²) in [7, 11) is -3.27. The van der Waals surface area contributed by atoms with Gasteiger partial charge in [-0.3, -0.25) is 9.71 Å². The van der Waals surface area contributed by atoms with Crippen LogP contribution in [0.2, 0.25) is 0 Å². The summed E-state index contributed by atoms with van der Waals surface area (Å²) in [6.45, 7) is 3.70. The maximum Gasteiger partial charge on any atom is 0.233 e. The number of nitrogens with zero attached hydrogens (tertiary/aromatic N) is 1. The molecule has 0 spiro atoms. The van der Waals surface area contributed by atoms with E-state index in [1.807, 2.05) is 6.92 Å². The van der Waals surface area contributed by atoms with E-state index < -0.39 is 10.0 Å². The van der Waals surface area contributed by atoms with Crippen LogP contribution in [-0.2, 0) is 10.0 Å². The van der Waals surface area contributed by atoms with Gasteiger partial charge in [-0.2, -0.15) is 0 Å². The minimum Gasteiger partial charge on any atom is -0.317 e. The molecule has 1 fully saturated rings. The predicted octanol–water partition coefficient (Wildman–Crippen LogP) is 1.13. The third-order valence-corrected chi connectivity index (χ3v) is 4.52. The number of pyridine rings is 1. The zero-order valence-electron chi connectivity index (χ0n) is 10.5. The molecule has 1 aliphatic heterocycles. The normalized spacial score (nSPS) is 17.6. The Bertz CT molecular complexity index is 496. The average molecular weight is 269 g/mol. The number of hydrogen-bond acceptors (Lipinski definition) is 4. The van der Waals surface area contributed by atoms with E-state index in [1.165, 1.54) is 6.20 Å². The summed E-state index contributed by atoms with van der Waals surface area (Å²) in [4.78, 5) is 3.98. The molecule has 0 radical (unpaired) electrons. The van der Waals surface area contributed by atoms with Crippen molar-refractivity contribution in [3.8, 4) is 0 Å². The Balaban J connectivity index is 1.98. The van der Waals surface area contributed by atoms with Gasteiger partial charge in [0.1, 0.15) is 0 Å². The monoisotopic (exact) mass is 269 g/mol. The Morgan fingerprint density at radius 2 is 2.11 bits per heavy atom. The Hall–Kier alpha value is -1.14. The number of anilines is 1. The lowest BCUT2D eigenvalue weighted by Crippen LogP contribution is -2.33. The molecule has 0 unspecified atom stereocenters. The van der Waals surface area contributed by atoms with Crippen molar-refractivity contribution >= 4 is 15.7 Å². The van der Waals surface area contributed by atoms with Gasteiger partial charge in [0.05, 0.1) is 17.6 Å². The van der Waals surface area contributed by atoms with Crippen molar-refractivity contribution in [2.24, 2.45) is 5.92 Å². The first kappa shape index (κ1) is 13.3. The predicted molar refractivity (Wildman–Crippen MR) is 72.0 cm³/mol. The fraction of sp³-hybridized carbons (Fsp3) is 0.583. The molecular weight excluding hydrogens is 250 g/mol. The van der Waals surface area contributed by atoms with Gasteiger partial charge in [-0.25, -0.2) is 8.42 Å². The van der Waals surface area contributed by atoms with E-state index in [4.69, 9.17) is 0 Å². The van der Waals surface area contributed by atoms with Crippen LogP contribution in [0, 0.1) is 12.8 Å². The van der Waals surface area contributed by atoms with E-state index in [2.05, 4.69) is 15.0 Å². The van der Waals surface area contributed by atoms with Crippen LogP contribution in [-0.4, -0.2) is 32.2 Å². The molecule has 2 N–H and O–H groups in total. The molecule has 5 nitrogen and oxygen atoms in total. The average Bonchev–Trinajstić information content (AvgIpc) is 2.28. The minimum atomic E-state index is -3.27. The van der Waals surface area contributed by atoms with Gasteiger partial charge in [-0.15, -0.1) is 0 Å². The maximum atomic E-state index is 12.0. The van der Waals surface area contributed by atoms with Crippen molar-refractivity contribution in [1.29, 1.82) is 0 Å². The molecule has 1 aromatic rings. The van der Waals surface area contributed by atoms with Crippen molar-refractivity contribution in [1.82, 2.24) is 10.3 Å². The van der Waals surface area contributed by atoms with Crippen LogP contribution in [0.4, 0.5) is 5.69 Å². The van der Waals surface area contributed by atoms with Gasteiger partial charge < -0.3 is 5.32 Å². The van der Waals surface area contributed by atoms with E-state index in [9.17, 15) is 8.42 Å². The van der Waals surface area contributed by atoms with Crippen LogP contribution >= 0.6 is 0 Å². The van der Waals surface area contributed by atoms with Gasteiger partial charge in [0, 0.05) is 6.20 Å². The highest BCUT2D eigenvalue weighted by molar-refractivity contribution is 7.92. The summed E-state index contributed by atoms with van der Waals surface area (Å²) in [6.07, 6.45) is 5.08. The standard InChI is InChI=1S/C12H19N3O2S/c1-10-6-12(8-14-7-10)15-18(16,17)9-11-2-4-13-5-3-11/h6-8,11,13,15H,2-5,9H2,1H3. The summed E-state index contributed by atoms with van der Waals surface area (Å²) >= 11 is 0. The number of hydrogen-bond donors (Lipinski definition) is 2. The number of nitrogens with one attached hydrogen (secondary N) is 2. The second kappa shape index (κ2) is 5.67. The fourth-order valence-electron chi connectivity index (χ4n) is 2.19. The highest BCUT2D eigenvalue weighted by Crippen LogP contribution is 2.16. The summed E-state index contributed by atoms with van der Waals surface area (Å²) in [6, 6.07) is 1.78. The van der Waals surface area contributed by atoms with Crippen molar-refractivity contribution in [3.05, 3.63) is 24.0 Å². The third kappa shape index (κ3) is 3.96. The number of sulfonamides is 1. The molecule has 1 aliphatic rings. The second-order valence-electron chi connectivity index (χ2n) is 4.83. The van der Waals surface area contributed by atoms with Crippen LogP contribution in [0.1, 0.15) is 18.4 Å². The lowest BCUT2D eigenvalue weighted by Gasteiger charge is -2.22. The smallest absolute Gasteiger partial charge is 0.233 e. The van der Waals surface area contributed by atoms with E-state index in [0.717, 1.165) is 31.5 Å². The molecule has 1 aromatic heterocycles. The molecule has 18 heavy (non-hydrogen) atoms. The first-order valence-corrected chi connectivity index (χ1v) is 7.83. The molecule has 0 bridgehead atoms. The number of piperidine rings is 1. The highest BCUT2D eigenvalue weighted by atomic mass is 32.2. The maximum absolute atomic E-state index is 12.0. The first-order chi connectivity index (χ1) is 8.55. The van der Waals surface area contributed by atoms with Gasteiger partial charge in [0.25, 0.3) is 0 Å². The molecule has 0 aliphatic carbocycles. The summed E-state index contributed by atoms with van der Waals surface area (Å²) in [5, 5.41) is 3.23. The SMILES string of the molecule is Cc1cncc(NS(=O)(=O)CC2CCNCC2)c1. The summed E-state index contributed by atoms with van der Waals surface area (Å²) < 4.78 is 26.6. The third-order valence-electron chi connectivity index (χ3n) is 3.06. The first-order valence-electron chi connectivity index (χ1n) is 6.18. The quantitative estimate of drug-likeness (QED) is 0.859. The van der Waals surface area contributed by atoms with Gasteiger partial charge in [-0.1, -0.05) is 0 Å². The largest absolute Gasteiger partial charge is 0.317 e. The van der Waals surface area contributed by atoms with Crippen LogP contribution in [0.3, 0.4) is 0 Å². The molecule has 0 amide bonds. The van der Waals surface area contributed by atoms with Crippen molar-refractivity contribution in [2.75, 3.05) is 23.6 Å². The van der Waals surface area contributed by atoms with Gasteiger partial charge in [0.15, 0.2) is 0 Å². The van der Waals surface area contributed by atoms with Crippen molar-refractivity contribution in [2.45, 2.75) is 19.8 Å². The Morgan fingerprint density at radius 3 is 2.78 bits per heavy atom. The number of rotatable bonds is 4. The molecule has 100 valence electrons. The van der Waals surface area contributed by atoms with E-state index in [1.54, 1.807) is 12.3 Å². The Labute approximate surface area is 108 Å². The van der Waals surface area contributed by atoms with Crippen LogP contribution < -0.4 is 10.0 Å². The topological polar surface area (TPSA) is 71.1 Å². The molecule has 1 saturated heterocycles. The second-order valence-corrected chi connectivity index (χ2v) is 6.59. The van der Waals surface area contributed by atoms with Gasteiger partial charge >= 0.3 is 0 Å². The molecule has 0 saturated carbocycles. The van der Waals surface area contributed by atoms with E-state index in [-0.39, 0.29) is 11.7 Å². The van der Waals surface area contributed by atoms with Gasteiger partial charge in [-0.05, 0) is 50.4 Å².